The van der Waals surface area contributed by atoms with Gasteiger partial charge in [-0.25, -0.2) is 0 Å². The highest BCUT2D eigenvalue weighted by Crippen LogP contribution is 2.23. The molecule has 33 nitrogen and oxygen atoms in total. The van der Waals surface area contributed by atoms with Crippen LogP contribution in [0.5, 0.6) is 23.0 Å². The van der Waals surface area contributed by atoms with Gasteiger partial charge in [0.05, 0.1) is 54.7 Å². The van der Waals surface area contributed by atoms with Gasteiger partial charge in [0, 0.05) is 110 Å². The van der Waals surface area contributed by atoms with Gasteiger partial charge in [-0.2, -0.15) is 0 Å². The van der Waals surface area contributed by atoms with Crippen molar-refractivity contribution in [3.05, 3.63) is 111 Å². The van der Waals surface area contributed by atoms with Crippen LogP contribution in [0.4, 0.5) is 0 Å². The van der Waals surface area contributed by atoms with Crippen LogP contribution >= 0.6 is 0 Å². The van der Waals surface area contributed by atoms with E-state index in [0.717, 1.165) is 36.2 Å². The Morgan fingerprint density at radius 3 is 1.03 bits per heavy atom. The number of nitrogens with one attached hydrogen (secondary N) is 6. The lowest BCUT2D eigenvalue weighted by atomic mass is 10.0. The Morgan fingerprint density at radius 1 is 0.419 bits per heavy atom. The Kier molecular flexibility index (Phi) is 30.1. The number of methoxy groups -OCH3 is 4. The van der Waals surface area contributed by atoms with E-state index < -0.39 is 153 Å². The number of ether oxygens (including phenoxy) is 4. The molecule has 0 aromatic carbocycles. The maximum Gasteiger partial charge on any atom is 0.294 e. The summed E-state index contributed by atoms with van der Waals surface area (Å²) in [5.41, 5.74) is -5.79. The molecule has 8 amide bonds. The summed E-state index contributed by atoms with van der Waals surface area (Å²) in [7, 11) is 5.71. The van der Waals surface area contributed by atoms with Crippen molar-refractivity contribution >= 4 is 53.0 Å². The summed E-state index contributed by atoms with van der Waals surface area (Å²) in [6, 6.07) is 3.29. The summed E-state index contributed by atoms with van der Waals surface area (Å²) >= 11 is 0. The van der Waals surface area contributed by atoms with Gasteiger partial charge in [-0.1, -0.05) is 0 Å². The van der Waals surface area contributed by atoms with E-state index in [9.17, 15) is 82.8 Å². The summed E-state index contributed by atoms with van der Waals surface area (Å²) in [6.45, 7) is 4.59. The summed E-state index contributed by atoms with van der Waals surface area (Å²) < 4.78 is 23.5. The second-order valence-electron chi connectivity index (χ2n) is 21.4. The normalized spacial score (nSPS) is 11.3. The maximum atomic E-state index is 14.9. The summed E-state index contributed by atoms with van der Waals surface area (Å²) in [5.74, 6) is -10.9. The van der Waals surface area contributed by atoms with Crippen molar-refractivity contribution in [3.8, 4) is 23.0 Å². The zero-order chi connectivity index (χ0) is 69.2. The summed E-state index contributed by atoms with van der Waals surface area (Å²) in [6.07, 6.45) is -0.623. The van der Waals surface area contributed by atoms with Crippen LogP contribution in [0, 0.1) is 27.7 Å². The van der Waals surface area contributed by atoms with Crippen LogP contribution in [0.25, 0.3) is 0 Å². The lowest BCUT2D eigenvalue weighted by molar-refractivity contribution is -0.122. The molecule has 510 valence electrons. The van der Waals surface area contributed by atoms with Crippen molar-refractivity contribution in [2.45, 2.75) is 92.5 Å². The third-order valence-corrected chi connectivity index (χ3v) is 14.6. The lowest BCUT2D eigenvalue weighted by Gasteiger charge is -2.32. The minimum atomic E-state index is -1.42. The topological polar surface area (TPSA) is 438 Å². The molecule has 1 unspecified atom stereocenters. The number of carbonyl (C=O) groups excluding carboxylic acids is 9. The molecule has 0 aliphatic carbocycles. The van der Waals surface area contributed by atoms with E-state index in [2.05, 4.69) is 31.9 Å². The zero-order valence-electron chi connectivity index (χ0n) is 53.6. The number of carbonyl (C=O) groups is 9. The van der Waals surface area contributed by atoms with Gasteiger partial charge in [0.2, 0.25) is 23.6 Å². The third-order valence-electron chi connectivity index (χ3n) is 14.6. The fourth-order valence-electron chi connectivity index (χ4n) is 9.67. The Hall–Kier alpha value is -9.73. The number of aromatic hydroxyl groups is 4. The third kappa shape index (κ3) is 21.2. The lowest BCUT2D eigenvalue weighted by Crippen LogP contribution is -2.46. The van der Waals surface area contributed by atoms with E-state index in [-0.39, 0.29) is 134 Å². The van der Waals surface area contributed by atoms with E-state index in [1.165, 1.54) is 79.2 Å². The number of amides is 8. The molecule has 4 aromatic rings. The number of pyridine rings is 4. The van der Waals surface area contributed by atoms with Crippen LogP contribution in [0.1, 0.15) is 96.8 Å². The molecular formula is C60H84N12O21. The Bertz CT molecular complexity index is 3630. The number of rotatable bonds is 38. The standard InChI is InChI=1S/C60H84N12O21/c1-35-27-40(49(78)57(86)69(35)31-45(74)61-16-23-90-6)53(82)65-14-11-21-67(55(84)42-29-37(3)71(59(88)51(42)80)33-47(76)63-18-25-92-8)20-10-13-44(39(5)73)68(56(85)43-30-38(4)72(60(89)52(43)81)34-48(77)64-19-26-93-9)22-12-15-66-54(83)41-28-36(2)70(58(87)50(41)79)32-46(75)62-17-24-91-7/h27-30,44,78-81H,10-26,31-34H2,1-9H3,(H,61,74)(H,62,75)(H,63,76)(H,64,77)(H,65,82)(H,66,83). The van der Waals surface area contributed by atoms with E-state index >= 15 is 0 Å². The molecule has 0 fully saturated rings. The van der Waals surface area contributed by atoms with Gasteiger partial charge >= 0.3 is 0 Å². The Labute approximate surface area is 533 Å². The van der Waals surface area contributed by atoms with Gasteiger partial charge in [0.25, 0.3) is 45.9 Å². The SMILES string of the molecule is COCCNC(=O)Cn1c(C)cc(C(=O)NCCCN(CCCC(C(C)=O)N(CCCNC(=O)c2cc(C)n(CC(=O)NCCOC)c(=O)c2O)C(=O)c2cc(C)n(CC(=O)NCCOC)c(=O)c2O)C(=O)c2cc(C)n(CC(=O)NCCOC)c(=O)c2O)c(O)c1=O. The Morgan fingerprint density at radius 2 is 0.710 bits per heavy atom. The molecule has 93 heavy (non-hydrogen) atoms. The first-order valence-electron chi connectivity index (χ1n) is 29.6. The van der Waals surface area contributed by atoms with Crippen molar-refractivity contribution in [2.24, 2.45) is 0 Å². The second kappa shape index (κ2) is 36.9. The van der Waals surface area contributed by atoms with Gasteiger partial charge in [0.1, 0.15) is 26.2 Å². The molecule has 4 rings (SSSR count). The first kappa shape index (κ1) is 75.7. The van der Waals surface area contributed by atoms with Crippen molar-refractivity contribution in [1.29, 1.82) is 0 Å². The molecule has 4 aromatic heterocycles. The predicted octanol–water partition coefficient (Wildman–Crippen LogP) is -2.60. The zero-order valence-corrected chi connectivity index (χ0v) is 53.6. The molecular weight excluding hydrogens is 1220 g/mol. The average molecular weight is 1310 g/mol. The van der Waals surface area contributed by atoms with E-state index in [1.54, 1.807) is 0 Å². The highest BCUT2D eigenvalue weighted by atomic mass is 16.5. The van der Waals surface area contributed by atoms with E-state index in [1.807, 2.05) is 0 Å². The minimum absolute atomic E-state index is 0.0507. The van der Waals surface area contributed by atoms with Gasteiger partial charge < -0.3 is 99.3 Å². The monoisotopic (exact) mass is 1310 g/mol. The van der Waals surface area contributed by atoms with Crippen molar-refractivity contribution < 1.29 is 82.5 Å². The first-order chi connectivity index (χ1) is 44.1. The molecule has 0 aliphatic heterocycles. The van der Waals surface area contributed by atoms with Gasteiger partial charge in [-0.15, -0.1) is 0 Å². The summed E-state index contributed by atoms with van der Waals surface area (Å²) in [4.78, 5) is 177. The van der Waals surface area contributed by atoms with Crippen LogP contribution in [0.2, 0.25) is 0 Å². The second-order valence-corrected chi connectivity index (χ2v) is 21.4. The van der Waals surface area contributed by atoms with Crippen molar-refractivity contribution in [1.82, 2.24) is 60.0 Å². The van der Waals surface area contributed by atoms with E-state index in [0.29, 0.717) is 0 Å². The number of hydrogen-bond acceptors (Lipinski definition) is 21. The molecule has 33 heteroatoms. The molecule has 0 aliphatic rings. The van der Waals surface area contributed by atoms with Gasteiger partial charge in [-0.3, -0.25) is 62.3 Å². The maximum absolute atomic E-state index is 14.9. The van der Waals surface area contributed by atoms with Crippen LogP contribution in [0.15, 0.2) is 43.4 Å². The average Bonchev–Trinajstić information content (AvgIpc) is 1.09. The van der Waals surface area contributed by atoms with Gasteiger partial charge in [0.15, 0.2) is 28.8 Å². The highest BCUT2D eigenvalue weighted by molar-refractivity contribution is 6.00. The number of aromatic nitrogens is 4. The fraction of sp³-hybridized carbons (Fsp3) is 0.517. The van der Waals surface area contributed by atoms with Crippen molar-refractivity contribution in [3.63, 3.8) is 0 Å². The molecule has 10 N–H and O–H groups in total. The van der Waals surface area contributed by atoms with Crippen LogP contribution in [-0.2, 0) is 69.1 Å². The molecule has 0 saturated carbocycles. The number of aryl methyl sites for hydroxylation is 4. The largest absolute Gasteiger partial charge is 0.502 e. The number of ketones is 1. The molecule has 0 bridgehead atoms. The number of hydrogen-bond donors (Lipinski definition) is 10. The molecule has 0 radical (unpaired) electrons. The van der Waals surface area contributed by atoms with Gasteiger partial charge in [-0.05, 0) is 84.6 Å². The fourth-order valence-corrected chi connectivity index (χ4v) is 9.67. The Balaban J connectivity index is 1.70. The smallest absolute Gasteiger partial charge is 0.294 e. The highest BCUT2D eigenvalue weighted by Gasteiger charge is 2.33. The molecule has 4 heterocycles. The van der Waals surface area contributed by atoms with Crippen molar-refractivity contribution in [2.75, 3.05) is 114 Å². The molecule has 1 atom stereocenters. The molecule has 0 saturated heterocycles. The summed E-state index contributed by atoms with van der Waals surface area (Å²) in [5, 5.41) is 59.8. The number of nitrogens with zero attached hydrogens (tertiary/aromatic N) is 6. The predicted molar refractivity (Wildman–Crippen MR) is 333 cm³/mol. The van der Waals surface area contributed by atoms with Crippen LogP contribution in [0.3, 0.4) is 0 Å². The first-order valence-corrected chi connectivity index (χ1v) is 29.6. The molecule has 0 spiro atoms. The van der Waals surface area contributed by atoms with Crippen LogP contribution < -0.4 is 54.1 Å². The minimum Gasteiger partial charge on any atom is -0.502 e. The number of Topliss-reactive ketones (excluding diaryl/α,β-unsaturated/α-hetero) is 1. The quantitative estimate of drug-likeness (QED) is 0.0206. The van der Waals surface area contributed by atoms with E-state index in [4.69, 9.17) is 18.9 Å². The van der Waals surface area contributed by atoms with Crippen LogP contribution in [-0.4, -0.2) is 221 Å².